The second-order valence-electron chi connectivity index (χ2n) is 10.5. The van der Waals surface area contributed by atoms with Crippen molar-refractivity contribution in [3.8, 4) is 22.6 Å². The fraction of sp³-hybridized carbons (Fsp3) is 0.300. The van der Waals surface area contributed by atoms with E-state index in [4.69, 9.17) is 9.84 Å². The van der Waals surface area contributed by atoms with Gasteiger partial charge in [-0.05, 0) is 88.4 Å². The van der Waals surface area contributed by atoms with Crippen LogP contribution >= 0.6 is 0 Å². The smallest absolute Gasteiger partial charge is 0.328 e. The minimum atomic E-state index is -1.04. The van der Waals surface area contributed by atoms with Crippen molar-refractivity contribution >= 4 is 12.0 Å². The minimum Gasteiger partial charge on any atom is -0.507 e. The highest BCUT2D eigenvalue weighted by atomic mass is 19.1. The summed E-state index contributed by atoms with van der Waals surface area (Å²) < 4.78 is 19.7. The molecule has 3 aromatic rings. The van der Waals surface area contributed by atoms with Gasteiger partial charge in [-0.15, -0.1) is 0 Å². The van der Waals surface area contributed by atoms with E-state index in [0.717, 1.165) is 30.0 Å². The third-order valence-electron chi connectivity index (χ3n) is 6.99. The maximum atomic E-state index is 13.4. The number of aliphatic carboxylic acids is 1. The number of hydrogen-bond acceptors (Lipinski definition) is 3. The number of aromatic hydroxyl groups is 1. The van der Waals surface area contributed by atoms with E-state index in [2.05, 4.69) is 39.8 Å². The normalized spacial score (nSPS) is 16.1. The van der Waals surface area contributed by atoms with Gasteiger partial charge in [0.15, 0.2) is 0 Å². The average molecular weight is 475 g/mol. The zero-order valence-corrected chi connectivity index (χ0v) is 20.6. The predicted molar refractivity (Wildman–Crippen MR) is 136 cm³/mol. The summed E-state index contributed by atoms with van der Waals surface area (Å²) in [6, 6.07) is 15.4. The molecule has 1 aliphatic carbocycles. The van der Waals surface area contributed by atoms with Gasteiger partial charge in [0.2, 0.25) is 0 Å². The highest BCUT2D eigenvalue weighted by Gasteiger charge is 2.38. The van der Waals surface area contributed by atoms with Crippen LogP contribution < -0.4 is 4.74 Å². The van der Waals surface area contributed by atoms with Crippen molar-refractivity contribution in [1.29, 1.82) is 0 Å². The minimum absolute atomic E-state index is 0.0362. The molecule has 0 radical (unpaired) electrons. The summed E-state index contributed by atoms with van der Waals surface area (Å²) in [6.45, 7) is 9.18. The Morgan fingerprint density at radius 2 is 1.57 bits per heavy atom. The van der Waals surface area contributed by atoms with Crippen LogP contribution in [0.1, 0.15) is 62.8 Å². The number of halogens is 1. The molecule has 182 valence electrons. The van der Waals surface area contributed by atoms with Gasteiger partial charge in [-0.2, -0.15) is 0 Å². The SMILES string of the molecule is CC1(C)CCC(C)(C)c2cc(-c3cc(/C=C/C(=O)O)ccc3O)c(OCc3ccc(F)cc3)cc21. The molecule has 5 heteroatoms. The number of fused-ring (bicyclic) bond motifs is 1. The van der Waals surface area contributed by atoms with E-state index in [1.165, 1.54) is 29.3 Å². The lowest BCUT2D eigenvalue weighted by molar-refractivity contribution is -0.131. The highest BCUT2D eigenvalue weighted by molar-refractivity contribution is 5.86. The maximum Gasteiger partial charge on any atom is 0.328 e. The van der Waals surface area contributed by atoms with Crippen molar-refractivity contribution in [1.82, 2.24) is 0 Å². The molecule has 0 bridgehead atoms. The number of benzene rings is 3. The molecule has 35 heavy (non-hydrogen) atoms. The van der Waals surface area contributed by atoms with E-state index in [1.807, 2.05) is 0 Å². The molecule has 0 aromatic heterocycles. The maximum absolute atomic E-state index is 13.4. The third kappa shape index (κ3) is 5.24. The van der Waals surface area contributed by atoms with Crippen molar-refractivity contribution in [3.63, 3.8) is 0 Å². The quantitative estimate of drug-likeness (QED) is 0.370. The Labute approximate surface area is 205 Å². The monoisotopic (exact) mass is 474 g/mol. The first-order chi connectivity index (χ1) is 16.5. The number of rotatable bonds is 6. The molecule has 2 N–H and O–H groups in total. The number of phenolic OH excluding ortho intramolecular Hbond substituents is 1. The average Bonchev–Trinajstić information content (AvgIpc) is 2.81. The number of ether oxygens (including phenoxy) is 1. The van der Waals surface area contributed by atoms with E-state index in [9.17, 15) is 14.3 Å². The van der Waals surface area contributed by atoms with E-state index in [-0.39, 0.29) is 29.0 Å². The fourth-order valence-electron chi connectivity index (χ4n) is 4.71. The number of hydrogen-bond donors (Lipinski definition) is 2. The molecule has 0 fully saturated rings. The van der Waals surface area contributed by atoms with Crippen LogP contribution in [-0.4, -0.2) is 16.2 Å². The lowest BCUT2D eigenvalue weighted by Crippen LogP contribution is -2.33. The molecule has 3 aromatic carbocycles. The molecular formula is C30H31FO4. The zero-order valence-electron chi connectivity index (χ0n) is 20.6. The van der Waals surface area contributed by atoms with Crippen molar-refractivity contribution in [3.05, 3.63) is 88.7 Å². The molecule has 0 atom stereocenters. The second-order valence-corrected chi connectivity index (χ2v) is 10.5. The van der Waals surface area contributed by atoms with Gasteiger partial charge >= 0.3 is 5.97 Å². The van der Waals surface area contributed by atoms with Crippen LogP contribution in [0.5, 0.6) is 11.5 Å². The Kier molecular flexibility index (Phi) is 6.46. The predicted octanol–water partition coefficient (Wildman–Crippen LogP) is 7.22. The lowest BCUT2D eigenvalue weighted by atomic mass is 9.62. The second kappa shape index (κ2) is 9.21. The van der Waals surface area contributed by atoms with Crippen molar-refractivity contribution in [2.75, 3.05) is 0 Å². The summed E-state index contributed by atoms with van der Waals surface area (Å²) in [6.07, 6.45) is 4.65. The highest BCUT2D eigenvalue weighted by Crippen LogP contribution is 2.50. The van der Waals surface area contributed by atoms with E-state index in [0.29, 0.717) is 16.9 Å². The molecule has 4 nitrogen and oxygen atoms in total. The van der Waals surface area contributed by atoms with Crippen molar-refractivity contribution in [2.24, 2.45) is 0 Å². The first kappa shape index (κ1) is 24.5. The Morgan fingerprint density at radius 3 is 2.20 bits per heavy atom. The van der Waals surface area contributed by atoms with Crippen LogP contribution in [0, 0.1) is 5.82 Å². The number of carbonyl (C=O) groups is 1. The molecule has 0 unspecified atom stereocenters. The topological polar surface area (TPSA) is 66.8 Å². The Morgan fingerprint density at radius 1 is 0.943 bits per heavy atom. The summed E-state index contributed by atoms with van der Waals surface area (Å²) >= 11 is 0. The van der Waals surface area contributed by atoms with Gasteiger partial charge in [-0.1, -0.05) is 45.9 Å². The molecule has 0 aliphatic heterocycles. The molecule has 0 heterocycles. The van der Waals surface area contributed by atoms with Crippen LogP contribution in [0.4, 0.5) is 4.39 Å². The van der Waals surface area contributed by atoms with Gasteiger partial charge in [-0.25, -0.2) is 9.18 Å². The summed E-state index contributed by atoms with van der Waals surface area (Å²) in [4.78, 5) is 11.0. The molecule has 0 amide bonds. The lowest BCUT2D eigenvalue weighted by Gasteiger charge is -2.42. The molecule has 0 spiro atoms. The fourth-order valence-corrected chi connectivity index (χ4v) is 4.71. The van der Waals surface area contributed by atoms with Crippen LogP contribution in [0.3, 0.4) is 0 Å². The van der Waals surface area contributed by atoms with E-state index >= 15 is 0 Å². The molecule has 0 saturated heterocycles. The van der Waals surface area contributed by atoms with Gasteiger partial charge in [0.25, 0.3) is 0 Å². The standard InChI is InChI=1S/C30H31FO4/c1-29(2)13-14-30(3,4)25-17-27(35-18-20-5-9-21(31)10-6-20)23(16-24(25)29)22-15-19(7-11-26(22)32)8-12-28(33)34/h5-12,15-17,32H,13-14,18H2,1-4H3,(H,33,34)/b12-8+. The number of phenols is 1. The van der Waals surface area contributed by atoms with Gasteiger partial charge in [0.1, 0.15) is 23.9 Å². The van der Waals surface area contributed by atoms with Gasteiger partial charge in [-0.3, -0.25) is 0 Å². The Hall–Kier alpha value is -3.60. The van der Waals surface area contributed by atoms with Gasteiger partial charge in [0, 0.05) is 17.2 Å². The van der Waals surface area contributed by atoms with Crippen LogP contribution in [0.25, 0.3) is 17.2 Å². The summed E-state index contributed by atoms with van der Waals surface area (Å²) in [5, 5.41) is 19.8. The van der Waals surface area contributed by atoms with Crippen molar-refractivity contribution < 1.29 is 24.1 Å². The number of carboxylic acid groups (broad SMARTS) is 1. The molecule has 1 aliphatic rings. The Balaban J connectivity index is 1.87. The van der Waals surface area contributed by atoms with E-state index in [1.54, 1.807) is 30.3 Å². The Bertz CT molecular complexity index is 1290. The van der Waals surface area contributed by atoms with Gasteiger partial charge in [0.05, 0.1) is 0 Å². The van der Waals surface area contributed by atoms with Crippen molar-refractivity contribution in [2.45, 2.75) is 58.0 Å². The molecule has 4 rings (SSSR count). The van der Waals surface area contributed by atoms with E-state index < -0.39 is 5.97 Å². The molecule has 0 saturated carbocycles. The first-order valence-electron chi connectivity index (χ1n) is 11.8. The first-order valence-corrected chi connectivity index (χ1v) is 11.8. The number of carboxylic acids is 1. The largest absolute Gasteiger partial charge is 0.507 e. The van der Waals surface area contributed by atoms with Crippen LogP contribution in [0.15, 0.2) is 60.7 Å². The summed E-state index contributed by atoms with van der Waals surface area (Å²) in [5.74, 6) is -0.644. The van der Waals surface area contributed by atoms with Crippen LogP contribution in [0.2, 0.25) is 0 Å². The van der Waals surface area contributed by atoms with Crippen LogP contribution in [-0.2, 0) is 22.2 Å². The zero-order chi connectivity index (χ0) is 25.4. The third-order valence-corrected chi connectivity index (χ3v) is 6.99. The summed E-state index contributed by atoms with van der Waals surface area (Å²) in [5.41, 5.74) is 5.13. The van der Waals surface area contributed by atoms with Gasteiger partial charge < -0.3 is 14.9 Å². The summed E-state index contributed by atoms with van der Waals surface area (Å²) in [7, 11) is 0. The molecular weight excluding hydrogens is 443 g/mol.